The molecule has 1 aromatic rings. The summed E-state index contributed by atoms with van der Waals surface area (Å²) in [6.07, 6.45) is 0. The predicted octanol–water partition coefficient (Wildman–Crippen LogP) is 0.618. The summed E-state index contributed by atoms with van der Waals surface area (Å²) in [7, 11) is 0. The van der Waals surface area contributed by atoms with Crippen LogP contribution < -0.4 is 5.43 Å². The van der Waals surface area contributed by atoms with Crippen molar-refractivity contribution in [3.63, 3.8) is 0 Å². The highest BCUT2D eigenvalue weighted by atomic mass is 16.2. The Kier molecular flexibility index (Phi) is 0.864. The molecule has 0 saturated heterocycles. The van der Waals surface area contributed by atoms with Crippen molar-refractivity contribution in [3.05, 3.63) is 35.4 Å². The summed E-state index contributed by atoms with van der Waals surface area (Å²) in [4.78, 5) is 11.2. The molecule has 1 aliphatic carbocycles. The number of hydrazone groups is 1. The summed E-state index contributed by atoms with van der Waals surface area (Å²) in [5.74, 6) is -0.0788. The molecule has 1 heterocycles. The highest BCUT2D eigenvalue weighted by Gasteiger charge is 2.42. The zero-order chi connectivity index (χ0) is 8.13. The Hall–Kier alpha value is -1.64. The molecule has 3 rings (SSSR count). The molecule has 2 aliphatic rings. The van der Waals surface area contributed by atoms with Gasteiger partial charge in [-0.15, -0.1) is 0 Å². The molecule has 1 atom stereocenters. The smallest absolute Gasteiger partial charge is 0.253 e. The summed E-state index contributed by atoms with van der Waals surface area (Å²) in [5.41, 5.74) is 5.59. The Balaban J connectivity index is 2.24. The Labute approximate surface area is 69.1 Å². The summed E-state index contributed by atoms with van der Waals surface area (Å²) in [5, 5.41) is 3.94. The maximum atomic E-state index is 11.2. The lowest BCUT2D eigenvalue weighted by Crippen LogP contribution is -2.30. The number of benzene rings is 1. The lowest BCUT2D eigenvalue weighted by Gasteiger charge is -2.24. The van der Waals surface area contributed by atoms with Gasteiger partial charge >= 0.3 is 0 Å². The predicted molar refractivity (Wildman–Crippen MR) is 43.9 cm³/mol. The van der Waals surface area contributed by atoms with Gasteiger partial charge in [0.25, 0.3) is 5.91 Å². The number of carbonyl (C=O) groups excluding carboxylic acids is 1. The number of nitrogens with zero attached hydrogens (tertiary/aromatic N) is 1. The van der Waals surface area contributed by atoms with Crippen LogP contribution in [0.1, 0.15) is 17.0 Å². The van der Waals surface area contributed by atoms with Crippen LogP contribution in [0.2, 0.25) is 0 Å². The molecule has 1 aromatic carbocycles. The van der Waals surface area contributed by atoms with Crippen molar-refractivity contribution in [1.29, 1.82) is 0 Å². The van der Waals surface area contributed by atoms with Crippen LogP contribution in [0.25, 0.3) is 0 Å². The molecule has 3 nitrogen and oxygen atoms in total. The highest BCUT2D eigenvalue weighted by Crippen LogP contribution is 2.37. The van der Waals surface area contributed by atoms with Crippen molar-refractivity contribution in [3.8, 4) is 0 Å². The maximum absolute atomic E-state index is 11.2. The maximum Gasteiger partial charge on any atom is 0.253 e. The third kappa shape index (κ3) is 0.491. The van der Waals surface area contributed by atoms with Crippen LogP contribution in [-0.4, -0.2) is 11.6 Å². The monoisotopic (exact) mass is 158 g/mol. The van der Waals surface area contributed by atoms with Crippen molar-refractivity contribution < 1.29 is 4.79 Å². The van der Waals surface area contributed by atoms with Crippen LogP contribution in [0.5, 0.6) is 0 Å². The Bertz CT molecular complexity index is 409. The number of fused-ring (bicyclic) bond motifs is 4. The van der Waals surface area contributed by atoms with Crippen LogP contribution in [0.15, 0.2) is 29.4 Å². The number of hydrogen-bond donors (Lipinski definition) is 1. The van der Waals surface area contributed by atoms with Crippen LogP contribution >= 0.6 is 0 Å². The van der Waals surface area contributed by atoms with Gasteiger partial charge in [-0.2, -0.15) is 5.10 Å². The van der Waals surface area contributed by atoms with E-state index in [4.69, 9.17) is 0 Å². The summed E-state index contributed by atoms with van der Waals surface area (Å²) < 4.78 is 0. The van der Waals surface area contributed by atoms with E-state index in [1.54, 1.807) is 0 Å². The first kappa shape index (κ1) is 5.94. The van der Waals surface area contributed by atoms with Gasteiger partial charge in [-0.05, 0) is 5.56 Å². The average Bonchev–Trinajstić information content (AvgIpc) is 2.37. The van der Waals surface area contributed by atoms with Crippen molar-refractivity contribution in [2.24, 2.45) is 5.10 Å². The van der Waals surface area contributed by atoms with E-state index in [0.29, 0.717) is 0 Å². The lowest BCUT2D eigenvalue weighted by molar-refractivity contribution is -0.120. The first-order valence-corrected chi connectivity index (χ1v) is 3.84. The van der Waals surface area contributed by atoms with Crippen molar-refractivity contribution in [2.75, 3.05) is 0 Å². The first-order valence-electron chi connectivity index (χ1n) is 3.84. The first-order chi connectivity index (χ1) is 5.88. The number of nitrogens with one attached hydrogen (secondary N) is 1. The molecule has 1 unspecified atom stereocenters. The third-order valence-corrected chi connectivity index (χ3v) is 2.37. The Morgan fingerprint density at radius 2 is 2.17 bits per heavy atom. The van der Waals surface area contributed by atoms with E-state index in [1.807, 2.05) is 24.3 Å². The zero-order valence-electron chi connectivity index (χ0n) is 6.24. The molecular formula is C9H6N2O. The topological polar surface area (TPSA) is 41.5 Å². The number of amides is 1. The van der Waals surface area contributed by atoms with Crippen LogP contribution in [0.4, 0.5) is 0 Å². The lowest BCUT2D eigenvalue weighted by atomic mass is 9.76. The van der Waals surface area contributed by atoms with E-state index in [2.05, 4.69) is 10.5 Å². The number of hydrogen-bond acceptors (Lipinski definition) is 2. The molecule has 3 heteroatoms. The molecular weight excluding hydrogens is 152 g/mol. The second-order valence-electron chi connectivity index (χ2n) is 2.99. The molecule has 12 heavy (non-hydrogen) atoms. The molecule has 0 bridgehead atoms. The van der Waals surface area contributed by atoms with Crippen LogP contribution in [-0.2, 0) is 4.79 Å². The van der Waals surface area contributed by atoms with E-state index in [1.165, 1.54) is 0 Å². The summed E-state index contributed by atoms with van der Waals surface area (Å²) in [6, 6.07) is 7.87. The van der Waals surface area contributed by atoms with Gasteiger partial charge in [-0.3, -0.25) is 4.79 Å². The minimum Gasteiger partial charge on any atom is -0.272 e. The van der Waals surface area contributed by atoms with Crippen molar-refractivity contribution in [2.45, 2.75) is 5.92 Å². The Morgan fingerprint density at radius 1 is 1.33 bits per heavy atom. The fraction of sp³-hybridized carbons (Fsp3) is 0.111. The van der Waals surface area contributed by atoms with Crippen LogP contribution in [0.3, 0.4) is 0 Å². The van der Waals surface area contributed by atoms with E-state index >= 15 is 0 Å². The fourth-order valence-electron chi connectivity index (χ4n) is 1.78. The zero-order valence-corrected chi connectivity index (χ0v) is 6.24. The molecule has 1 amide bonds. The van der Waals surface area contributed by atoms with Gasteiger partial charge in [0.1, 0.15) is 5.92 Å². The van der Waals surface area contributed by atoms with Gasteiger partial charge < -0.3 is 0 Å². The molecule has 1 aliphatic heterocycles. The van der Waals surface area contributed by atoms with Crippen molar-refractivity contribution >= 4 is 11.6 Å². The average molecular weight is 158 g/mol. The van der Waals surface area contributed by atoms with Gasteiger partial charge in [0, 0.05) is 5.56 Å². The largest absolute Gasteiger partial charge is 0.272 e. The molecule has 0 saturated carbocycles. The standard InChI is InChI=1S/C9H6N2O/c12-9-7-5-3-1-2-4-6(5)8(7)10-11-9/h1-4,7H,(H,11,12). The third-order valence-electron chi connectivity index (χ3n) is 2.37. The van der Waals surface area contributed by atoms with Gasteiger partial charge in [0.2, 0.25) is 0 Å². The quantitative estimate of drug-likeness (QED) is 0.590. The minimum absolute atomic E-state index is 0.00343. The SMILES string of the molecule is O=C1NN=C2c3ccccc3C12. The van der Waals surface area contributed by atoms with Gasteiger partial charge in [0.05, 0.1) is 5.71 Å². The Morgan fingerprint density at radius 3 is 3.08 bits per heavy atom. The molecule has 58 valence electrons. The molecule has 0 aromatic heterocycles. The van der Waals surface area contributed by atoms with E-state index < -0.39 is 0 Å². The molecule has 0 fully saturated rings. The van der Waals surface area contributed by atoms with Gasteiger partial charge in [0.15, 0.2) is 0 Å². The normalized spacial score (nSPS) is 23.5. The molecule has 0 spiro atoms. The van der Waals surface area contributed by atoms with Gasteiger partial charge in [-0.1, -0.05) is 24.3 Å². The second-order valence-corrected chi connectivity index (χ2v) is 2.99. The number of carbonyl (C=O) groups is 1. The minimum atomic E-state index is -0.0822. The van der Waals surface area contributed by atoms with E-state index in [9.17, 15) is 4.79 Å². The van der Waals surface area contributed by atoms with Gasteiger partial charge in [-0.25, -0.2) is 5.43 Å². The number of rotatable bonds is 0. The highest BCUT2D eigenvalue weighted by molar-refractivity contribution is 6.27. The van der Waals surface area contributed by atoms with Crippen LogP contribution in [0, 0.1) is 0 Å². The fourth-order valence-corrected chi connectivity index (χ4v) is 1.78. The summed E-state index contributed by atoms with van der Waals surface area (Å²) >= 11 is 0. The summed E-state index contributed by atoms with van der Waals surface area (Å²) in [6.45, 7) is 0. The van der Waals surface area contributed by atoms with Crippen molar-refractivity contribution in [1.82, 2.24) is 5.43 Å². The van der Waals surface area contributed by atoms with E-state index in [0.717, 1.165) is 16.8 Å². The van der Waals surface area contributed by atoms with E-state index in [-0.39, 0.29) is 11.8 Å². The second kappa shape index (κ2) is 1.75. The molecule has 0 radical (unpaired) electrons. The molecule has 1 N–H and O–H groups in total.